The van der Waals surface area contributed by atoms with E-state index in [1.807, 2.05) is 38.1 Å². The van der Waals surface area contributed by atoms with Gasteiger partial charge in [-0.15, -0.1) is 0 Å². The monoisotopic (exact) mass is 294 g/mol. The van der Waals surface area contributed by atoms with Crippen LogP contribution in [0, 0.1) is 0 Å². The van der Waals surface area contributed by atoms with Crippen molar-refractivity contribution in [3.8, 4) is 5.75 Å². The summed E-state index contributed by atoms with van der Waals surface area (Å²) >= 11 is 6.13. The Morgan fingerprint density at radius 2 is 1.95 bits per heavy atom. The average Bonchev–Trinajstić information content (AvgIpc) is 2.81. The first-order valence-electron chi connectivity index (χ1n) is 6.56. The summed E-state index contributed by atoms with van der Waals surface area (Å²) < 4.78 is 6.88. The van der Waals surface area contributed by atoms with E-state index in [-0.39, 0.29) is 6.04 Å². The van der Waals surface area contributed by atoms with Crippen LogP contribution >= 0.6 is 11.6 Å². The van der Waals surface area contributed by atoms with Crippen molar-refractivity contribution >= 4 is 11.6 Å². The van der Waals surface area contributed by atoms with E-state index in [0.29, 0.717) is 17.1 Å². The van der Waals surface area contributed by atoms with Gasteiger partial charge >= 0.3 is 0 Å². The highest BCUT2D eigenvalue weighted by atomic mass is 35.5. The summed E-state index contributed by atoms with van der Waals surface area (Å²) in [5, 5.41) is 15.1. The molecule has 0 aliphatic heterocycles. The quantitative estimate of drug-likeness (QED) is 0.919. The van der Waals surface area contributed by atoms with E-state index < -0.39 is 6.10 Å². The van der Waals surface area contributed by atoms with Crippen LogP contribution in [0.4, 0.5) is 0 Å². The first kappa shape index (κ1) is 14.9. The van der Waals surface area contributed by atoms with Gasteiger partial charge in [-0.05, 0) is 31.5 Å². The highest BCUT2D eigenvalue weighted by molar-refractivity contribution is 6.31. The first-order valence-corrected chi connectivity index (χ1v) is 6.94. The van der Waals surface area contributed by atoms with E-state index in [2.05, 4.69) is 5.10 Å². The number of aliphatic hydroxyl groups excluding tert-OH is 1. The first-order chi connectivity index (χ1) is 9.52. The van der Waals surface area contributed by atoms with Crippen LogP contribution in [0.25, 0.3) is 0 Å². The minimum atomic E-state index is -0.680. The standard InChI is InChI=1S/C15H19ClN2O2/c1-10(2)18-15(13(16)9-17-18)14(19)8-11-4-6-12(20-3)7-5-11/h4-7,9-10,14,19H,8H2,1-3H3. The Kier molecular flexibility index (Phi) is 4.68. The third-order valence-electron chi connectivity index (χ3n) is 3.18. The summed E-state index contributed by atoms with van der Waals surface area (Å²) in [7, 11) is 1.63. The number of halogens is 1. The second-order valence-corrected chi connectivity index (χ2v) is 5.39. The van der Waals surface area contributed by atoms with Crippen LogP contribution in [0.3, 0.4) is 0 Å². The maximum Gasteiger partial charge on any atom is 0.118 e. The molecule has 2 rings (SSSR count). The number of ether oxygens (including phenoxy) is 1. The third-order valence-corrected chi connectivity index (χ3v) is 3.47. The summed E-state index contributed by atoms with van der Waals surface area (Å²) in [6.45, 7) is 4.01. The molecule has 0 fully saturated rings. The normalized spacial score (nSPS) is 12.7. The summed E-state index contributed by atoms with van der Waals surface area (Å²) in [6, 6.07) is 7.79. The van der Waals surface area contributed by atoms with Gasteiger partial charge in [0.1, 0.15) is 11.9 Å². The second-order valence-electron chi connectivity index (χ2n) is 4.98. The number of aromatic nitrogens is 2. The highest BCUT2D eigenvalue weighted by Gasteiger charge is 2.20. The van der Waals surface area contributed by atoms with Crippen molar-refractivity contribution < 1.29 is 9.84 Å². The zero-order valence-electron chi connectivity index (χ0n) is 11.9. The van der Waals surface area contributed by atoms with Crippen molar-refractivity contribution in [3.63, 3.8) is 0 Å². The molecule has 1 atom stereocenters. The van der Waals surface area contributed by atoms with Crippen LogP contribution < -0.4 is 4.74 Å². The fraction of sp³-hybridized carbons (Fsp3) is 0.400. The van der Waals surface area contributed by atoms with Crippen LogP contribution in [0.15, 0.2) is 30.5 Å². The molecule has 2 aromatic rings. The van der Waals surface area contributed by atoms with Gasteiger partial charge in [0.15, 0.2) is 0 Å². The van der Waals surface area contributed by atoms with Gasteiger partial charge in [0.2, 0.25) is 0 Å². The molecule has 0 aliphatic rings. The SMILES string of the molecule is COc1ccc(CC(O)c2c(Cl)cnn2C(C)C)cc1. The molecule has 0 radical (unpaired) electrons. The molecule has 0 aliphatic carbocycles. The summed E-state index contributed by atoms with van der Waals surface area (Å²) in [6.07, 6.45) is 1.39. The summed E-state index contributed by atoms with van der Waals surface area (Å²) in [5.41, 5.74) is 1.68. The molecule has 1 heterocycles. The lowest BCUT2D eigenvalue weighted by Crippen LogP contribution is -2.13. The van der Waals surface area contributed by atoms with Crippen molar-refractivity contribution in [2.75, 3.05) is 7.11 Å². The maximum absolute atomic E-state index is 10.4. The molecular weight excluding hydrogens is 276 g/mol. The largest absolute Gasteiger partial charge is 0.497 e. The van der Waals surface area contributed by atoms with Crippen molar-refractivity contribution in [1.82, 2.24) is 9.78 Å². The minimum absolute atomic E-state index is 0.156. The van der Waals surface area contributed by atoms with E-state index in [0.717, 1.165) is 11.3 Å². The second kappa shape index (κ2) is 6.29. The molecule has 20 heavy (non-hydrogen) atoms. The average molecular weight is 295 g/mol. The van der Waals surface area contributed by atoms with Gasteiger partial charge in [0.05, 0.1) is 24.0 Å². The topological polar surface area (TPSA) is 47.3 Å². The number of benzene rings is 1. The van der Waals surface area contributed by atoms with Crippen molar-refractivity contribution in [2.24, 2.45) is 0 Å². The smallest absolute Gasteiger partial charge is 0.118 e. The predicted octanol–water partition coefficient (Wildman–Crippen LogP) is 3.40. The molecule has 1 aromatic heterocycles. The molecule has 1 aromatic carbocycles. The van der Waals surface area contributed by atoms with Crippen LogP contribution in [0.5, 0.6) is 5.75 Å². The number of aliphatic hydroxyl groups is 1. The van der Waals surface area contributed by atoms with E-state index in [9.17, 15) is 5.11 Å². The molecule has 1 N–H and O–H groups in total. The molecule has 0 spiro atoms. The van der Waals surface area contributed by atoms with E-state index in [1.54, 1.807) is 18.0 Å². The Morgan fingerprint density at radius 3 is 2.50 bits per heavy atom. The molecule has 0 bridgehead atoms. The Morgan fingerprint density at radius 1 is 1.30 bits per heavy atom. The van der Waals surface area contributed by atoms with Gasteiger partial charge in [0.25, 0.3) is 0 Å². The van der Waals surface area contributed by atoms with Gasteiger partial charge in [-0.25, -0.2) is 0 Å². The van der Waals surface area contributed by atoms with Crippen LogP contribution in [0.1, 0.15) is 37.3 Å². The highest BCUT2D eigenvalue weighted by Crippen LogP contribution is 2.28. The van der Waals surface area contributed by atoms with Crippen molar-refractivity contribution in [2.45, 2.75) is 32.4 Å². The molecule has 0 saturated heterocycles. The van der Waals surface area contributed by atoms with Crippen molar-refractivity contribution in [1.29, 1.82) is 0 Å². The minimum Gasteiger partial charge on any atom is -0.497 e. The zero-order chi connectivity index (χ0) is 14.7. The summed E-state index contributed by atoms with van der Waals surface area (Å²) in [5.74, 6) is 0.800. The Labute approximate surface area is 123 Å². The zero-order valence-corrected chi connectivity index (χ0v) is 12.6. The van der Waals surface area contributed by atoms with Crippen LogP contribution in [-0.4, -0.2) is 22.0 Å². The van der Waals surface area contributed by atoms with Gasteiger partial charge in [-0.1, -0.05) is 23.7 Å². The molecule has 5 heteroatoms. The van der Waals surface area contributed by atoms with E-state index in [1.165, 1.54) is 0 Å². The Bertz CT molecular complexity index is 564. The summed E-state index contributed by atoms with van der Waals surface area (Å²) in [4.78, 5) is 0. The van der Waals surface area contributed by atoms with Crippen LogP contribution in [-0.2, 0) is 6.42 Å². The van der Waals surface area contributed by atoms with Gasteiger partial charge in [-0.2, -0.15) is 5.10 Å². The van der Waals surface area contributed by atoms with E-state index in [4.69, 9.17) is 16.3 Å². The molecule has 0 saturated carbocycles. The fourth-order valence-corrected chi connectivity index (χ4v) is 2.41. The number of hydrogen-bond acceptors (Lipinski definition) is 3. The molecular formula is C15H19ClN2O2. The Balaban J connectivity index is 2.19. The number of nitrogens with zero attached hydrogens (tertiary/aromatic N) is 2. The molecule has 4 nitrogen and oxygen atoms in total. The molecule has 0 amide bonds. The van der Waals surface area contributed by atoms with Gasteiger partial charge in [-0.3, -0.25) is 4.68 Å². The Hall–Kier alpha value is -1.52. The maximum atomic E-state index is 10.4. The van der Waals surface area contributed by atoms with Gasteiger partial charge < -0.3 is 9.84 Å². The van der Waals surface area contributed by atoms with Crippen molar-refractivity contribution in [3.05, 3.63) is 46.7 Å². The van der Waals surface area contributed by atoms with Crippen LogP contribution in [0.2, 0.25) is 5.02 Å². The lowest BCUT2D eigenvalue weighted by molar-refractivity contribution is 0.165. The van der Waals surface area contributed by atoms with E-state index >= 15 is 0 Å². The number of rotatable bonds is 5. The third kappa shape index (κ3) is 3.14. The number of hydrogen-bond donors (Lipinski definition) is 1. The lowest BCUT2D eigenvalue weighted by Gasteiger charge is -2.16. The molecule has 108 valence electrons. The fourth-order valence-electron chi connectivity index (χ4n) is 2.16. The lowest BCUT2D eigenvalue weighted by atomic mass is 10.1. The molecule has 1 unspecified atom stereocenters. The number of methoxy groups -OCH3 is 1. The predicted molar refractivity (Wildman–Crippen MR) is 79.3 cm³/mol. The van der Waals surface area contributed by atoms with Gasteiger partial charge in [0, 0.05) is 12.5 Å².